The van der Waals surface area contributed by atoms with Crippen molar-refractivity contribution in [2.45, 2.75) is 31.5 Å². The monoisotopic (exact) mass is 441 g/mol. The van der Waals surface area contributed by atoms with Gasteiger partial charge in [-0.1, -0.05) is 12.1 Å². The van der Waals surface area contributed by atoms with Crippen molar-refractivity contribution in [3.05, 3.63) is 69.6 Å². The maximum atomic E-state index is 14.3. The summed E-state index contributed by atoms with van der Waals surface area (Å²) in [5.41, 5.74) is -0.113. The van der Waals surface area contributed by atoms with Crippen molar-refractivity contribution < 1.29 is 13.6 Å². The number of rotatable bonds is 2. The first-order chi connectivity index (χ1) is 14.7. The number of nitrogens with one attached hydrogen (secondary N) is 3. The molecular formula is C21H17F2N5O2S. The molecule has 3 aromatic rings. The van der Waals surface area contributed by atoms with Gasteiger partial charge in [0.25, 0.3) is 11.5 Å². The Balaban J connectivity index is 1.79. The molecule has 5 rings (SSSR count). The molecule has 2 aliphatic heterocycles. The smallest absolute Gasteiger partial charge is 0.272 e. The molecule has 2 unspecified atom stereocenters. The van der Waals surface area contributed by atoms with Gasteiger partial charge in [0, 0.05) is 11.1 Å². The minimum atomic E-state index is -0.936. The Kier molecular flexibility index (Phi) is 4.13. The van der Waals surface area contributed by atoms with E-state index in [-0.39, 0.29) is 16.4 Å². The van der Waals surface area contributed by atoms with Crippen molar-refractivity contribution in [1.29, 1.82) is 0 Å². The lowest BCUT2D eigenvalue weighted by Gasteiger charge is -2.38. The minimum Gasteiger partial charge on any atom is -0.375 e. The fraction of sp³-hybridized carbons (Fsp3) is 0.238. The van der Waals surface area contributed by atoms with Gasteiger partial charge in [-0.2, -0.15) is 5.10 Å². The standard InChI is InChI=1S/C21H17F2N5O2S/c1-21(2)19(30)28(20(31)25-21)17-15(9-3-5-10(22)6-4-9)24-13-8-11(23)7-12-14(13)16(17)26-27-18(12)29/h3-8,15,17,24H,1-2H3,(H,25,31)(H,27,29). The van der Waals surface area contributed by atoms with E-state index in [4.69, 9.17) is 12.2 Å². The second kappa shape index (κ2) is 6.55. The summed E-state index contributed by atoms with van der Waals surface area (Å²) in [5.74, 6) is -1.28. The quantitative estimate of drug-likeness (QED) is 0.530. The van der Waals surface area contributed by atoms with Crippen molar-refractivity contribution in [2.24, 2.45) is 0 Å². The van der Waals surface area contributed by atoms with E-state index in [1.165, 1.54) is 23.1 Å². The van der Waals surface area contributed by atoms with Gasteiger partial charge < -0.3 is 10.6 Å². The lowest BCUT2D eigenvalue weighted by atomic mass is 9.88. The molecule has 3 N–H and O–H groups in total. The molecule has 0 aliphatic carbocycles. The minimum absolute atomic E-state index is 0.111. The van der Waals surface area contributed by atoms with Gasteiger partial charge >= 0.3 is 0 Å². The molecule has 0 saturated carbocycles. The predicted molar refractivity (Wildman–Crippen MR) is 114 cm³/mol. The molecule has 1 amide bonds. The van der Waals surface area contributed by atoms with E-state index in [0.29, 0.717) is 22.3 Å². The number of nitrogens with zero attached hydrogens (tertiary/aromatic N) is 2. The van der Waals surface area contributed by atoms with Crippen LogP contribution in [0.2, 0.25) is 0 Å². The Morgan fingerprint density at radius 2 is 1.81 bits per heavy atom. The van der Waals surface area contributed by atoms with Gasteiger partial charge in [-0.3, -0.25) is 14.5 Å². The third-order valence-corrected chi connectivity index (χ3v) is 5.99. The Labute approximate surface area is 180 Å². The van der Waals surface area contributed by atoms with Crippen LogP contribution in [0.3, 0.4) is 0 Å². The highest BCUT2D eigenvalue weighted by atomic mass is 32.1. The van der Waals surface area contributed by atoms with Crippen LogP contribution in [-0.2, 0) is 4.79 Å². The number of aromatic amines is 1. The van der Waals surface area contributed by atoms with Crippen LogP contribution in [-0.4, -0.2) is 31.7 Å². The number of amides is 1. The lowest BCUT2D eigenvalue weighted by Crippen LogP contribution is -2.44. The lowest BCUT2D eigenvalue weighted by molar-refractivity contribution is -0.131. The number of H-pyrrole nitrogens is 1. The van der Waals surface area contributed by atoms with Crippen LogP contribution >= 0.6 is 12.2 Å². The summed E-state index contributed by atoms with van der Waals surface area (Å²) in [7, 11) is 0. The number of benzene rings is 2. The van der Waals surface area contributed by atoms with Gasteiger partial charge in [-0.15, -0.1) is 0 Å². The number of anilines is 1. The summed E-state index contributed by atoms with van der Waals surface area (Å²) in [4.78, 5) is 27.0. The Morgan fingerprint density at radius 1 is 1.10 bits per heavy atom. The average molecular weight is 441 g/mol. The molecule has 0 spiro atoms. The van der Waals surface area contributed by atoms with Gasteiger partial charge in [0.05, 0.1) is 17.1 Å². The van der Waals surface area contributed by atoms with Crippen LogP contribution in [0.1, 0.15) is 37.2 Å². The largest absolute Gasteiger partial charge is 0.375 e. The Bertz CT molecular complexity index is 1320. The van der Waals surface area contributed by atoms with Crippen molar-refractivity contribution >= 4 is 39.7 Å². The van der Waals surface area contributed by atoms with Crippen molar-refractivity contribution in [2.75, 3.05) is 5.32 Å². The zero-order valence-electron chi connectivity index (χ0n) is 16.5. The molecule has 3 heterocycles. The second-order valence-corrected chi connectivity index (χ2v) is 8.55. The third-order valence-electron chi connectivity index (χ3n) is 5.69. The molecule has 31 heavy (non-hydrogen) atoms. The highest BCUT2D eigenvalue weighted by Gasteiger charge is 2.50. The normalized spacial score (nSPS) is 21.9. The first-order valence-electron chi connectivity index (χ1n) is 9.57. The first-order valence-corrected chi connectivity index (χ1v) is 9.98. The topological polar surface area (TPSA) is 90.1 Å². The molecule has 0 bridgehead atoms. The molecule has 2 aromatic carbocycles. The van der Waals surface area contributed by atoms with Crippen LogP contribution in [0.5, 0.6) is 0 Å². The van der Waals surface area contributed by atoms with E-state index in [9.17, 15) is 18.4 Å². The molecule has 7 nitrogen and oxygen atoms in total. The molecule has 2 aliphatic rings. The Morgan fingerprint density at radius 3 is 2.45 bits per heavy atom. The SMILES string of the molecule is CC1(C)NC(=S)N(C2c3n[nH]c(=O)c4cc(F)cc(c34)NC2c2ccc(F)cc2)C1=O. The van der Waals surface area contributed by atoms with E-state index < -0.39 is 34.8 Å². The van der Waals surface area contributed by atoms with Gasteiger partial charge in [0.1, 0.15) is 23.2 Å². The van der Waals surface area contributed by atoms with Gasteiger partial charge in [-0.05, 0) is 55.9 Å². The fourth-order valence-corrected chi connectivity index (χ4v) is 4.71. The van der Waals surface area contributed by atoms with E-state index in [1.807, 2.05) is 0 Å². The molecule has 1 fully saturated rings. The number of hydrogen-bond donors (Lipinski definition) is 3. The summed E-state index contributed by atoms with van der Waals surface area (Å²) in [5, 5.41) is 13.6. The van der Waals surface area contributed by atoms with Crippen LogP contribution in [0.25, 0.3) is 10.8 Å². The van der Waals surface area contributed by atoms with E-state index >= 15 is 0 Å². The van der Waals surface area contributed by atoms with Gasteiger partial charge in [-0.25, -0.2) is 13.9 Å². The van der Waals surface area contributed by atoms with E-state index in [1.54, 1.807) is 26.0 Å². The molecule has 1 aromatic heterocycles. The number of aromatic nitrogens is 2. The molecule has 1 saturated heterocycles. The summed E-state index contributed by atoms with van der Waals surface area (Å²) in [6.07, 6.45) is 0. The summed E-state index contributed by atoms with van der Waals surface area (Å²) < 4.78 is 27.8. The van der Waals surface area contributed by atoms with Gasteiger partial charge in [0.2, 0.25) is 0 Å². The Hall–Kier alpha value is -3.40. The number of hydrogen-bond acceptors (Lipinski definition) is 5. The van der Waals surface area contributed by atoms with Crippen LogP contribution in [0, 0.1) is 11.6 Å². The molecule has 158 valence electrons. The average Bonchev–Trinajstić information content (AvgIpc) is 2.91. The molecular weight excluding hydrogens is 424 g/mol. The van der Waals surface area contributed by atoms with Crippen molar-refractivity contribution in [3.63, 3.8) is 0 Å². The third kappa shape index (κ3) is 2.89. The maximum absolute atomic E-state index is 14.3. The first kappa shape index (κ1) is 19.6. The number of halogens is 2. The van der Waals surface area contributed by atoms with Crippen LogP contribution in [0.4, 0.5) is 14.5 Å². The summed E-state index contributed by atoms with van der Waals surface area (Å²) in [6.45, 7) is 3.42. The van der Waals surface area contributed by atoms with Crippen LogP contribution in [0.15, 0.2) is 41.2 Å². The number of thiocarbonyl (C=S) groups is 1. The molecule has 10 heteroatoms. The zero-order valence-corrected chi connectivity index (χ0v) is 17.3. The summed E-state index contributed by atoms with van der Waals surface area (Å²) in [6, 6.07) is 6.77. The second-order valence-electron chi connectivity index (χ2n) is 8.16. The predicted octanol–water partition coefficient (Wildman–Crippen LogP) is 2.90. The van der Waals surface area contributed by atoms with Crippen molar-refractivity contribution in [1.82, 2.24) is 20.4 Å². The highest BCUT2D eigenvalue weighted by molar-refractivity contribution is 7.80. The highest BCUT2D eigenvalue weighted by Crippen LogP contribution is 2.46. The van der Waals surface area contributed by atoms with E-state index in [2.05, 4.69) is 20.8 Å². The van der Waals surface area contributed by atoms with Gasteiger partial charge in [0.15, 0.2) is 5.11 Å². The molecule has 0 radical (unpaired) electrons. The maximum Gasteiger partial charge on any atom is 0.272 e. The zero-order chi connectivity index (χ0) is 22.1. The number of carbonyl (C=O) groups excluding carboxylic acids is 1. The van der Waals surface area contributed by atoms with E-state index in [0.717, 1.165) is 6.07 Å². The fourth-order valence-electron chi connectivity index (χ4n) is 4.26. The van der Waals surface area contributed by atoms with Crippen LogP contribution < -0.4 is 16.2 Å². The number of carbonyl (C=O) groups is 1. The summed E-state index contributed by atoms with van der Waals surface area (Å²) >= 11 is 5.47. The molecule has 2 atom stereocenters. The van der Waals surface area contributed by atoms with Crippen molar-refractivity contribution in [3.8, 4) is 0 Å².